The van der Waals surface area contributed by atoms with Crippen LogP contribution in [0.1, 0.15) is 39.5 Å². The largest absolute Gasteiger partial charge is 0.370 e. The maximum atomic E-state index is 12.1. The molecule has 1 aromatic heterocycles. The lowest BCUT2D eigenvalue weighted by Crippen LogP contribution is -2.34. The van der Waals surface area contributed by atoms with Gasteiger partial charge in [0.15, 0.2) is 0 Å². The number of piperidine rings is 1. The molecule has 2 rings (SSSR count). The summed E-state index contributed by atoms with van der Waals surface area (Å²) in [5.41, 5.74) is 0.994. The lowest BCUT2D eigenvalue weighted by molar-refractivity contribution is 0.437. The van der Waals surface area contributed by atoms with Crippen molar-refractivity contribution in [3.63, 3.8) is 0 Å². The lowest BCUT2D eigenvalue weighted by Gasteiger charge is -2.31. The fourth-order valence-corrected chi connectivity index (χ4v) is 2.69. The molecule has 1 fully saturated rings. The maximum Gasteiger partial charge on any atom is 0.268 e. The molecule has 2 heterocycles. The maximum absolute atomic E-state index is 12.1. The third-order valence-electron chi connectivity index (χ3n) is 4.15. The molecular weight excluding hydrogens is 264 g/mol. The van der Waals surface area contributed by atoms with Crippen molar-refractivity contribution >= 4 is 5.69 Å². The number of aromatic nitrogens is 2. The minimum Gasteiger partial charge on any atom is -0.370 e. The highest BCUT2D eigenvalue weighted by Crippen LogP contribution is 2.20. The Morgan fingerprint density at radius 1 is 1.33 bits per heavy atom. The summed E-state index contributed by atoms with van der Waals surface area (Å²) in [6.45, 7) is 9.18. The van der Waals surface area contributed by atoms with Gasteiger partial charge in [-0.3, -0.25) is 4.79 Å². The molecule has 1 saturated heterocycles. The summed E-state index contributed by atoms with van der Waals surface area (Å²) in [5, 5.41) is 7.67. The van der Waals surface area contributed by atoms with Crippen molar-refractivity contribution in [3.05, 3.63) is 22.6 Å². The van der Waals surface area contributed by atoms with Gasteiger partial charge in [0, 0.05) is 25.7 Å². The molecule has 1 aliphatic rings. The van der Waals surface area contributed by atoms with E-state index in [1.165, 1.54) is 12.8 Å². The van der Waals surface area contributed by atoms with E-state index >= 15 is 0 Å². The first kappa shape index (κ1) is 16.0. The summed E-state index contributed by atoms with van der Waals surface area (Å²) in [7, 11) is 0. The first-order valence-corrected chi connectivity index (χ1v) is 8.23. The van der Waals surface area contributed by atoms with Crippen LogP contribution in [0, 0.1) is 5.92 Å². The molecule has 0 aliphatic carbocycles. The predicted molar refractivity (Wildman–Crippen MR) is 86.9 cm³/mol. The molecule has 0 radical (unpaired) electrons. The molecule has 1 N–H and O–H groups in total. The molecule has 1 aromatic rings. The van der Waals surface area contributed by atoms with Crippen molar-refractivity contribution in [1.29, 1.82) is 0 Å². The Labute approximate surface area is 127 Å². The fourth-order valence-electron chi connectivity index (χ4n) is 2.69. The fraction of sp³-hybridized carbons (Fsp3) is 0.750. The van der Waals surface area contributed by atoms with Gasteiger partial charge in [-0.1, -0.05) is 13.8 Å². The van der Waals surface area contributed by atoms with Crippen LogP contribution in [0.2, 0.25) is 0 Å². The third kappa shape index (κ3) is 4.84. The van der Waals surface area contributed by atoms with Crippen LogP contribution in [0.25, 0.3) is 0 Å². The molecule has 1 aliphatic heterocycles. The van der Waals surface area contributed by atoms with Crippen molar-refractivity contribution in [2.24, 2.45) is 5.92 Å². The monoisotopic (exact) mass is 292 g/mol. The topological polar surface area (TPSA) is 50.2 Å². The van der Waals surface area contributed by atoms with E-state index in [1.807, 2.05) is 6.20 Å². The SMILES string of the molecule is CCCNCCCn1ncc(N2CCC(C)CC2)cc1=O. The Kier molecular flexibility index (Phi) is 6.23. The van der Waals surface area contributed by atoms with Crippen molar-refractivity contribution in [2.45, 2.75) is 46.1 Å². The Balaban J connectivity index is 1.87. The standard InChI is InChI=1S/C16H28N4O/c1-3-7-17-8-4-9-20-16(21)12-15(13-18-20)19-10-5-14(2)6-11-19/h12-14,17H,3-11H2,1-2H3. The summed E-state index contributed by atoms with van der Waals surface area (Å²) >= 11 is 0. The first-order chi connectivity index (χ1) is 10.2. The summed E-state index contributed by atoms with van der Waals surface area (Å²) in [5.74, 6) is 0.796. The Morgan fingerprint density at radius 3 is 2.76 bits per heavy atom. The van der Waals surface area contributed by atoms with E-state index in [1.54, 1.807) is 10.7 Å². The van der Waals surface area contributed by atoms with Crippen LogP contribution in [0.4, 0.5) is 5.69 Å². The van der Waals surface area contributed by atoms with Crippen LogP contribution >= 0.6 is 0 Å². The second-order valence-corrected chi connectivity index (χ2v) is 6.05. The van der Waals surface area contributed by atoms with Crippen molar-refractivity contribution in [3.8, 4) is 0 Å². The highest BCUT2D eigenvalue weighted by Gasteiger charge is 2.16. The molecule has 5 nitrogen and oxygen atoms in total. The second kappa shape index (κ2) is 8.17. The molecular formula is C16H28N4O. The summed E-state index contributed by atoms with van der Waals surface area (Å²) in [4.78, 5) is 14.4. The smallest absolute Gasteiger partial charge is 0.268 e. The van der Waals surface area contributed by atoms with Gasteiger partial charge in [-0.15, -0.1) is 0 Å². The minimum absolute atomic E-state index is 0.0154. The van der Waals surface area contributed by atoms with E-state index in [4.69, 9.17) is 0 Å². The highest BCUT2D eigenvalue weighted by molar-refractivity contribution is 5.43. The lowest BCUT2D eigenvalue weighted by atomic mass is 9.99. The zero-order valence-electron chi connectivity index (χ0n) is 13.3. The molecule has 0 atom stereocenters. The molecule has 0 spiro atoms. The van der Waals surface area contributed by atoms with Gasteiger partial charge in [-0.25, -0.2) is 4.68 Å². The molecule has 0 saturated carbocycles. The summed E-state index contributed by atoms with van der Waals surface area (Å²) < 4.78 is 1.57. The minimum atomic E-state index is 0.0154. The van der Waals surface area contributed by atoms with Crippen LogP contribution < -0.4 is 15.8 Å². The van der Waals surface area contributed by atoms with Gasteiger partial charge in [0.25, 0.3) is 5.56 Å². The number of anilines is 1. The van der Waals surface area contributed by atoms with Crippen LogP contribution in [0.5, 0.6) is 0 Å². The van der Waals surface area contributed by atoms with E-state index in [0.717, 1.165) is 50.6 Å². The van der Waals surface area contributed by atoms with E-state index in [-0.39, 0.29) is 5.56 Å². The van der Waals surface area contributed by atoms with Gasteiger partial charge in [-0.05, 0) is 44.7 Å². The van der Waals surface area contributed by atoms with Gasteiger partial charge in [0.2, 0.25) is 0 Å². The Bertz CT molecular complexity index is 477. The van der Waals surface area contributed by atoms with Gasteiger partial charge < -0.3 is 10.2 Å². The van der Waals surface area contributed by atoms with Gasteiger partial charge in [-0.2, -0.15) is 5.10 Å². The number of hydrogen-bond donors (Lipinski definition) is 1. The molecule has 5 heteroatoms. The van der Waals surface area contributed by atoms with E-state index in [2.05, 4.69) is 29.2 Å². The van der Waals surface area contributed by atoms with Gasteiger partial charge in [0.1, 0.15) is 0 Å². The quantitative estimate of drug-likeness (QED) is 0.780. The summed E-state index contributed by atoms with van der Waals surface area (Å²) in [6, 6.07) is 1.74. The van der Waals surface area contributed by atoms with Crippen molar-refractivity contribution < 1.29 is 0 Å². The average molecular weight is 292 g/mol. The van der Waals surface area contributed by atoms with Crippen LogP contribution in [-0.2, 0) is 6.54 Å². The number of hydrogen-bond acceptors (Lipinski definition) is 4. The number of nitrogens with one attached hydrogen (secondary N) is 1. The van der Waals surface area contributed by atoms with Crippen molar-refractivity contribution in [1.82, 2.24) is 15.1 Å². The first-order valence-electron chi connectivity index (χ1n) is 8.23. The van der Waals surface area contributed by atoms with E-state index in [9.17, 15) is 4.79 Å². The van der Waals surface area contributed by atoms with E-state index in [0.29, 0.717) is 6.54 Å². The second-order valence-electron chi connectivity index (χ2n) is 6.05. The highest BCUT2D eigenvalue weighted by atomic mass is 16.1. The van der Waals surface area contributed by atoms with E-state index < -0.39 is 0 Å². The molecule has 0 aromatic carbocycles. The van der Waals surface area contributed by atoms with Crippen LogP contribution in [-0.4, -0.2) is 36.0 Å². The molecule has 0 unspecified atom stereocenters. The molecule has 21 heavy (non-hydrogen) atoms. The number of aryl methyl sites for hydroxylation is 1. The zero-order chi connectivity index (χ0) is 15.1. The predicted octanol–water partition coefficient (Wildman–Crippen LogP) is 1.87. The van der Waals surface area contributed by atoms with Crippen LogP contribution in [0.3, 0.4) is 0 Å². The summed E-state index contributed by atoms with van der Waals surface area (Å²) in [6.07, 6.45) is 6.32. The normalized spacial score (nSPS) is 16.4. The zero-order valence-corrected chi connectivity index (χ0v) is 13.3. The Morgan fingerprint density at radius 2 is 2.10 bits per heavy atom. The molecule has 0 bridgehead atoms. The number of rotatable bonds is 7. The molecule has 118 valence electrons. The Hall–Kier alpha value is -1.36. The number of nitrogens with zero attached hydrogens (tertiary/aromatic N) is 3. The van der Waals surface area contributed by atoms with Gasteiger partial charge >= 0.3 is 0 Å². The third-order valence-corrected chi connectivity index (χ3v) is 4.15. The van der Waals surface area contributed by atoms with Gasteiger partial charge in [0.05, 0.1) is 11.9 Å². The van der Waals surface area contributed by atoms with Crippen molar-refractivity contribution in [2.75, 3.05) is 31.1 Å². The average Bonchev–Trinajstić information content (AvgIpc) is 2.49. The molecule has 0 amide bonds. The van der Waals surface area contributed by atoms with Crippen LogP contribution in [0.15, 0.2) is 17.1 Å².